The molecule has 0 aromatic heterocycles. The van der Waals surface area contributed by atoms with Crippen LogP contribution in [0.3, 0.4) is 0 Å². The van der Waals surface area contributed by atoms with Gasteiger partial charge >= 0.3 is 0 Å². The number of amides is 1. The van der Waals surface area contributed by atoms with Crippen LogP contribution in [0.4, 0.5) is 0 Å². The number of nitrogens with zero attached hydrogens (tertiary/aromatic N) is 1. The Kier molecular flexibility index (Phi) is 9.39. The number of methoxy groups -OCH3 is 1. The van der Waals surface area contributed by atoms with Crippen LogP contribution in [-0.2, 0) is 27.8 Å². The van der Waals surface area contributed by atoms with E-state index in [2.05, 4.69) is 21.2 Å². The number of carbonyl (C=O) groups is 1. The van der Waals surface area contributed by atoms with E-state index in [4.69, 9.17) is 27.9 Å². The van der Waals surface area contributed by atoms with Crippen molar-refractivity contribution in [2.45, 2.75) is 17.9 Å². The Morgan fingerprint density at radius 3 is 2.24 bits per heavy atom. The average Bonchev–Trinajstić information content (AvgIpc) is 2.81. The number of benzene rings is 3. The lowest BCUT2D eigenvalue weighted by Gasteiger charge is -2.22. The third kappa shape index (κ3) is 7.20. The molecule has 34 heavy (non-hydrogen) atoms. The summed E-state index contributed by atoms with van der Waals surface area (Å²) in [5.74, 6) is 0.345. The van der Waals surface area contributed by atoms with Gasteiger partial charge in [-0.2, -0.15) is 4.31 Å². The van der Waals surface area contributed by atoms with Gasteiger partial charge in [0.2, 0.25) is 15.9 Å². The van der Waals surface area contributed by atoms with Crippen LogP contribution >= 0.6 is 39.1 Å². The summed E-state index contributed by atoms with van der Waals surface area (Å²) in [7, 11) is -2.36. The number of carbonyl (C=O) groups excluding carboxylic acids is 1. The van der Waals surface area contributed by atoms with E-state index >= 15 is 0 Å². The molecule has 0 atom stereocenters. The number of nitrogens with one attached hydrogen (secondary N) is 1. The Morgan fingerprint density at radius 1 is 0.971 bits per heavy atom. The number of hydrogen-bond donors (Lipinski definition) is 1. The zero-order valence-corrected chi connectivity index (χ0v) is 22.2. The standard InChI is InChI=1S/C24H23BrCl2N2O4S/c1-33-20-7-2-17(3-8-20)12-13-28-24(30)16-29(15-18-4-11-22(26)23(27)14-18)34(31,32)21-9-5-19(25)6-10-21/h2-11,14H,12-13,15-16H2,1H3,(H,28,30). The Morgan fingerprint density at radius 2 is 1.62 bits per heavy atom. The number of hydrogen-bond acceptors (Lipinski definition) is 4. The van der Waals surface area contributed by atoms with E-state index in [0.29, 0.717) is 28.6 Å². The molecule has 180 valence electrons. The van der Waals surface area contributed by atoms with Crippen LogP contribution in [0.5, 0.6) is 5.75 Å². The monoisotopic (exact) mass is 584 g/mol. The second kappa shape index (κ2) is 12.0. The average molecular weight is 586 g/mol. The molecule has 0 radical (unpaired) electrons. The molecule has 10 heteroatoms. The maximum Gasteiger partial charge on any atom is 0.243 e. The summed E-state index contributed by atoms with van der Waals surface area (Å²) in [6.07, 6.45) is 0.599. The topological polar surface area (TPSA) is 75.7 Å². The lowest BCUT2D eigenvalue weighted by Crippen LogP contribution is -2.40. The van der Waals surface area contributed by atoms with Gasteiger partial charge in [0.25, 0.3) is 0 Å². The Balaban J connectivity index is 1.73. The SMILES string of the molecule is COc1ccc(CCNC(=O)CN(Cc2ccc(Cl)c(Cl)c2)S(=O)(=O)c2ccc(Br)cc2)cc1. The summed E-state index contributed by atoms with van der Waals surface area (Å²) < 4.78 is 33.7. The Bertz CT molecular complexity index is 1240. The summed E-state index contributed by atoms with van der Waals surface area (Å²) in [4.78, 5) is 12.8. The van der Waals surface area contributed by atoms with Crippen LogP contribution in [0.1, 0.15) is 11.1 Å². The van der Waals surface area contributed by atoms with Crippen LogP contribution in [0.25, 0.3) is 0 Å². The van der Waals surface area contributed by atoms with E-state index in [-0.39, 0.29) is 18.0 Å². The molecule has 0 fully saturated rings. The van der Waals surface area contributed by atoms with E-state index in [0.717, 1.165) is 20.1 Å². The quantitative estimate of drug-likeness (QED) is 0.350. The van der Waals surface area contributed by atoms with E-state index in [1.54, 1.807) is 37.4 Å². The van der Waals surface area contributed by atoms with E-state index in [9.17, 15) is 13.2 Å². The van der Waals surface area contributed by atoms with Crippen molar-refractivity contribution in [2.75, 3.05) is 20.2 Å². The van der Waals surface area contributed by atoms with Crippen molar-refractivity contribution >= 4 is 55.1 Å². The minimum absolute atomic E-state index is 0.0405. The number of ether oxygens (including phenoxy) is 1. The van der Waals surface area contributed by atoms with Crippen LogP contribution in [0.2, 0.25) is 10.0 Å². The minimum Gasteiger partial charge on any atom is -0.497 e. The van der Waals surface area contributed by atoms with E-state index in [1.165, 1.54) is 12.1 Å². The zero-order valence-electron chi connectivity index (χ0n) is 18.3. The van der Waals surface area contributed by atoms with Crippen molar-refractivity contribution in [2.24, 2.45) is 0 Å². The van der Waals surface area contributed by atoms with Crippen molar-refractivity contribution in [3.63, 3.8) is 0 Å². The third-order valence-corrected chi connectivity index (χ3v) is 8.08. The van der Waals surface area contributed by atoms with Gasteiger partial charge in [-0.05, 0) is 66.1 Å². The van der Waals surface area contributed by atoms with Crippen molar-refractivity contribution in [1.82, 2.24) is 9.62 Å². The molecule has 3 rings (SSSR count). The fourth-order valence-corrected chi connectivity index (χ4v) is 5.15. The van der Waals surface area contributed by atoms with Crippen molar-refractivity contribution in [1.29, 1.82) is 0 Å². The molecule has 1 N–H and O–H groups in total. The van der Waals surface area contributed by atoms with Gasteiger partial charge in [0.15, 0.2) is 0 Å². The fourth-order valence-electron chi connectivity index (χ4n) is 3.18. The van der Waals surface area contributed by atoms with Crippen LogP contribution in [0, 0.1) is 0 Å². The van der Waals surface area contributed by atoms with Gasteiger partial charge in [0.05, 0.1) is 28.6 Å². The highest BCUT2D eigenvalue weighted by Gasteiger charge is 2.27. The second-order valence-corrected chi connectivity index (χ2v) is 11.1. The first-order chi connectivity index (χ1) is 16.2. The van der Waals surface area contributed by atoms with Crippen molar-refractivity contribution < 1.29 is 17.9 Å². The predicted molar refractivity (Wildman–Crippen MR) is 138 cm³/mol. The maximum absolute atomic E-state index is 13.4. The summed E-state index contributed by atoms with van der Waals surface area (Å²) in [5, 5.41) is 3.47. The third-order valence-electron chi connectivity index (χ3n) is 5.01. The molecule has 0 aliphatic rings. The molecule has 6 nitrogen and oxygen atoms in total. The lowest BCUT2D eigenvalue weighted by molar-refractivity contribution is -0.121. The number of sulfonamides is 1. The maximum atomic E-state index is 13.4. The van der Waals surface area contributed by atoms with Crippen LogP contribution in [-0.4, -0.2) is 38.8 Å². The Labute approximate surface area is 218 Å². The molecular formula is C24H23BrCl2N2O4S. The van der Waals surface area contributed by atoms with E-state index in [1.807, 2.05) is 24.3 Å². The highest BCUT2D eigenvalue weighted by Crippen LogP contribution is 2.25. The molecule has 3 aromatic carbocycles. The lowest BCUT2D eigenvalue weighted by atomic mass is 10.1. The molecule has 0 saturated carbocycles. The highest BCUT2D eigenvalue weighted by atomic mass is 79.9. The molecule has 0 saturated heterocycles. The predicted octanol–water partition coefficient (Wildman–Crippen LogP) is 5.31. The molecule has 3 aromatic rings. The summed E-state index contributed by atoms with van der Waals surface area (Å²) in [5.41, 5.74) is 1.64. The van der Waals surface area contributed by atoms with Gasteiger partial charge in [-0.25, -0.2) is 8.42 Å². The molecule has 0 unspecified atom stereocenters. The molecule has 0 heterocycles. The number of halogens is 3. The summed E-state index contributed by atoms with van der Waals surface area (Å²) in [6, 6.07) is 18.7. The smallest absolute Gasteiger partial charge is 0.243 e. The molecular weight excluding hydrogens is 563 g/mol. The molecule has 0 aliphatic heterocycles. The van der Waals surface area contributed by atoms with Gasteiger partial charge in [-0.1, -0.05) is 57.3 Å². The van der Waals surface area contributed by atoms with Gasteiger partial charge < -0.3 is 10.1 Å². The normalized spacial score (nSPS) is 11.4. The minimum atomic E-state index is -3.96. The molecule has 0 aliphatic carbocycles. The first-order valence-corrected chi connectivity index (χ1v) is 13.3. The van der Waals surface area contributed by atoms with E-state index < -0.39 is 15.9 Å². The van der Waals surface area contributed by atoms with Gasteiger partial charge in [-0.15, -0.1) is 0 Å². The fraction of sp³-hybridized carbons (Fsp3) is 0.208. The second-order valence-electron chi connectivity index (χ2n) is 7.42. The van der Waals surface area contributed by atoms with Gasteiger partial charge in [0.1, 0.15) is 5.75 Å². The van der Waals surface area contributed by atoms with Gasteiger partial charge in [-0.3, -0.25) is 4.79 Å². The largest absolute Gasteiger partial charge is 0.497 e. The summed E-state index contributed by atoms with van der Waals surface area (Å²) >= 11 is 15.4. The van der Waals surface area contributed by atoms with Crippen LogP contribution in [0.15, 0.2) is 76.1 Å². The first-order valence-electron chi connectivity index (χ1n) is 10.3. The zero-order chi connectivity index (χ0) is 24.7. The van der Waals surface area contributed by atoms with Crippen molar-refractivity contribution in [3.05, 3.63) is 92.4 Å². The Hall–Kier alpha value is -2.10. The molecule has 0 bridgehead atoms. The molecule has 1 amide bonds. The van der Waals surface area contributed by atoms with Gasteiger partial charge in [0, 0.05) is 17.6 Å². The first kappa shape index (κ1) is 26.5. The highest BCUT2D eigenvalue weighted by molar-refractivity contribution is 9.10. The number of rotatable bonds is 10. The van der Waals surface area contributed by atoms with Crippen molar-refractivity contribution in [3.8, 4) is 5.75 Å². The summed E-state index contributed by atoms with van der Waals surface area (Å²) in [6.45, 7) is -0.0213. The molecule has 0 spiro atoms. The van der Waals surface area contributed by atoms with Crippen LogP contribution < -0.4 is 10.1 Å².